The van der Waals surface area contributed by atoms with Crippen LogP contribution in [0.5, 0.6) is 0 Å². The summed E-state index contributed by atoms with van der Waals surface area (Å²) in [6.07, 6.45) is 0.798. The van der Waals surface area contributed by atoms with Gasteiger partial charge in [0.2, 0.25) is 53.2 Å². The number of nitrogens with one attached hydrogen (secondary N) is 8. The van der Waals surface area contributed by atoms with Crippen molar-refractivity contribution in [3.8, 4) is 0 Å². The van der Waals surface area contributed by atoms with Crippen LogP contribution in [0.15, 0.2) is 35.3 Å². The van der Waals surface area contributed by atoms with Gasteiger partial charge in [-0.05, 0) is 87.3 Å². The number of nitrogens with two attached hydrogens (primary N) is 5. The Morgan fingerprint density at radius 2 is 1.08 bits per heavy atom. The number of aliphatic hydroxyl groups excluding tert-OH is 1. The van der Waals surface area contributed by atoms with Gasteiger partial charge >= 0.3 is 11.9 Å². The maximum Gasteiger partial charge on any atom is 0.326 e. The van der Waals surface area contributed by atoms with Crippen molar-refractivity contribution in [3.63, 3.8) is 0 Å². The summed E-state index contributed by atoms with van der Waals surface area (Å²) in [5, 5.41) is 49.1. The number of hydrogen-bond donors (Lipinski definition) is 16. The fraction of sp³-hybridized carbons (Fsp3) is 0.633. The standard InChI is InChI=1S/C49H82N14O14S/c1-26(2)22-33(59-40(68)29(51)14-11-20-55-49(53)54)44(72)58-32(18-21-78-5)43(71)56-30(15-9-10-19-50)41(69)57-31(16-17-37(52)65)42(70)61-35(24-38(66)67)46(74)60-34(23-28-12-7-6-8-13-28)45(73)62-36(25-64)47(75)63-39(27(3)4)48(76)77/h6-8,12-13,26-27,29-36,39,64H,9-11,14-25,50-51H2,1-5H3,(H2,52,65)(H,56,71)(H,57,69)(H,58,72)(H,59,68)(H,60,74)(H,61,70)(H,62,73)(H,63,75)(H,66,67)(H,76,77)(H4,53,54,55). The van der Waals surface area contributed by atoms with E-state index in [0.717, 1.165) is 0 Å². The highest BCUT2D eigenvalue weighted by Crippen LogP contribution is 2.12. The lowest BCUT2D eigenvalue weighted by Crippen LogP contribution is -2.61. The van der Waals surface area contributed by atoms with Gasteiger partial charge in [-0.1, -0.05) is 58.0 Å². The molecule has 9 unspecified atom stereocenters. The van der Waals surface area contributed by atoms with Crippen molar-refractivity contribution in [2.75, 3.05) is 31.7 Å². The average molecular weight is 1120 g/mol. The molecule has 0 aliphatic carbocycles. The molecule has 9 atom stereocenters. The number of hydrogen-bond acceptors (Lipinski definition) is 16. The zero-order chi connectivity index (χ0) is 59.1. The fourth-order valence-corrected chi connectivity index (χ4v) is 7.96. The maximum atomic E-state index is 14.2. The van der Waals surface area contributed by atoms with Gasteiger partial charge in [0.25, 0.3) is 0 Å². The number of carbonyl (C=O) groups excluding carboxylic acids is 9. The van der Waals surface area contributed by atoms with Crippen LogP contribution >= 0.6 is 11.8 Å². The Labute approximate surface area is 457 Å². The van der Waals surface area contributed by atoms with E-state index >= 15 is 0 Å². The monoisotopic (exact) mass is 1120 g/mol. The third-order valence-electron chi connectivity index (χ3n) is 11.8. The van der Waals surface area contributed by atoms with Crippen molar-refractivity contribution >= 4 is 82.8 Å². The Bertz CT molecular complexity index is 2190. The largest absolute Gasteiger partial charge is 0.481 e. The highest BCUT2D eigenvalue weighted by Gasteiger charge is 2.36. The molecule has 1 rings (SSSR count). The van der Waals surface area contributed by atoms with Crippen LogP contribution in [0.3, 0.4) is 0 Å². The first-order valence-corrected chi connectivity index (χ1v) is 26.9. The molecule has 0 fully saturated rings. The number of carboxylic acids is 2. The van der Waals surface area contributed by atoms with Crippen molar-refractivity contribution < 1.29 is 68.1 Å². The second kappa shape index (κ2) is 36.8. The van der Waals surface area contributed by atoms with Crippen LogP contribution in [0.25, 0.3) is 0 Å². The summed E-state index contributed by atoms with van der Waals surface area (Å²) >= 11 is 1.36. The molecule has 1 aromatic carbocycles. The zero-order valence-electron chi connectivity index (χ0n) is 44.9. The zero-order valence-corrected chi connectivity index (χ0v) is 45.7. The minimum atomic E-state index is -1.97. The molecular formula is C49H82N14O14S. The number of benzene rings is 1. The molecule has 28 nitrogen and oxygen atoms in total. The minimum absolute atomic E-state index is 0.0548. The van der Waals surface area contributed by atoms with Gasteiger partial charge in [0.15, 0.2) is 5.96 Å². The average Bonchev–Trinajstić information content (AvgIpc) is 3.36. The van der Waals surface area contributed by atoms with Crippen LogP contribution in [0.4, 0.5) is 0 Å². The predicted molar refractivity (Wildman–Crippen MR) is 289 cm³/mol. The van der Waals surface area contributed by atoms with Gasteiger partial charge in [-0.25, -0.2) is 4.79 Å². The van der Waals surface area contributed by atoms with Crippen molar-refractivity contribution in [3.05, 3.63) is 35.9 Å². The molecule has 438 valence electrons. The second-order valence-electron chi connectivity index (χ2n) is 19.2. The van der Waals surface area contributed by atoms with Crippen LogP contribution in [-0.2, 0) is 59.2 Å². The molecule has 0 bridgehead atoms. The van der Waals surface area contributed by atoms with Gasteiger partial charge in [-0.15, -0.1) is 0 Å². The number of unbranched alkanes of at least 4 members (excludes halogenated alkanes) is 1. The highest BCUT2D eigenvalue weighted by molar-refractivity contribution is 7.98. The molecule has 78 heavy (non-hydrogen) atoms. The van der Waals surface area contributed by atoms with E-state index in [-0.39, 0.29) is 63.5 Å². The SMILES string of the molecule is CSCCC(NC(=O)C(CC(C)C)NC(=O)C(N)CCCN=C(N)N)C(=O)NC(CCCCN)C(=O)NC(CCC(N)=O)C(=O)NC(CC(=O)O)C(=O)NC(Cc1ccccc1)C(=O)NC(CO)C(=O)NC(C(=O)O)C(C)C. The van der Waals surface area contributed by atoms with E-state index in [1.165, 1.54) is 25.6 Å². The third-order valence-corrected chi connectivity index (χ3v) is 12.4. The number of guanidine groups is 1. The Hall–Kier alpha value is -7.11. The van der Waals surface area contributed by atoms with Gasteiger partial charge in [-0.2, -0.15) is 11.8 Å². The molecule has 0 aliphatic heterocycles. The van der Waals surface area contributed by atoms with Crippen LogP contribution in [0.1, 0.15) is 97.5 Å². The number of rotatable bonds is 39. The number of aliphatic hydroxyl groups is 1. The highest BCUT2D eigenvalue weighted by atomic mass is 32.2. The molecule has 0 saturated heterocycles. The Kier molecular flexibility index (Phi) is 32.5. The smallest absolute Gasteiger partial charge is 0.326 e. The summed E-state index contributed by atoms with van der Waals surface area (Å²) in [4.78, 5) is 150. The van der Waals surface area contributed by atoms with E-state index in [0.29, 0.717) is 24.2 Å². The number of amides is 9. The number of aliphatic carboxylic acids is 2. The number of primary amides is 1. The van der Waals surface area contributed by atoms with Crippen molar-refractivity contribution in [1.82, 2.24) is 42.5 Å². The molecule has 0 saturated carbocycles. The molecular weight excluding hydrogens is 1040 g/mol. The fourth-order valence-electron chi connectivity index (χ4n) is 7.49. The van der Waals surface area contributed by atoms with E-state index in [1.807, 2.05) is 13.8 Å². The Balaban J connectivity index is 3.54. The third kappa shape index (κ3) is 27.3. The summed E-state index contributed by atoms with van der Waals surface area (Å²) in [6, 6.07) is -5.14. The first kappa shape index (κ1) is 68.9. The van der Waals surface area contributed by atoms with Crippen molar-refractivity contribution in [1.29, 1.82) is 0 Å². The van der Waals surface area contributed by atoms with Crippen molar-refractivity contribution in [2.45, 2.75) is 153 Å². The topological polar surface area (TPSA) is 487 Å². The van der Waals surface area contributed by atoms with Crippen molar-refractivity contribution in [2.24, 2.45) is 45.5 Å². The van der Waals surface area contributed by atoms with Gasteiger partial charge < -0.3 is 86.5 Å². The van der Waals surface area contributed by atoms with Gasteiger partial charge in [0, 0.05) is 19.4 Å². The summed E-state index contributed by atoms with van der Waals surface area (Å²) in [6.45, 7) is 6.10. The minimum Gasteiger partial charge on any atom is -0.481 e. The summed E-state index contributed by atoms with van der Waals surface area (Å²) in [5.74, 6) is -12.0. The first-order valence-electron chi connectivity index (χ1n) is 25.5. The lowest BCUT2D eigenvalue weighted by molar-refractivity contribution is -0.144. The number of aliphatic imine (C=N–C) groups is 1. The molecule has 21 N–H and O–H groups in total. The van der Waals surface area contributed by atoms with E-state index < -0.39 is 151 Å². The Morgan fingerprint density at radius 1 is 0.590 bits per heavy atom. The molecule has 0 heterocycles. The lowest BCUT2D eigenvalue weighted by atomic mass is 10.0. The van der Waals surface area contributed by atoms with Gasteiger partial charge in [-0.3, -0.25) is 52.9 Å². The second-order valence-corrected chi connectivity index (χ2v) is 20.2. The van der Waals surface area contributed by atoms with E-state index in [2.05, 4.69) is 47.5 Å². The number of thioether (sulfide) groups is 1. The number of carboxylic acid groups (broad SMARTS) is 2. The maximum absolute atomic E-state index is 14.2. The molecule has 1 aromatic rings. The molecule has 0 radical (unpaired) electrons. The lowest BCUT2D eigenvalue weighted by Gasteiger charge is -2.28. The van der Waals surface area contributed by atoms with Crippen LogP contribution in [0.2, 0.25) is 0 Å². The van der Waals surface area contributed by atoms with Crippen LogP contribution in [0, 0.1) is 11.8 Å². The van der Waals surface area contributed by atoms with Crippen LogP contribution in [-0.4, -0.2) is 172 Å². The number of nitrogens with zero attached hydrogens (tertiary/aromatic N) is 1. The van der Waals surface area contributed by atoms with E-state index in [4.69, 9.17) is 28.7 Å². The molecule has 9 amide bonds. The molecule has 0 aliphatic rings. The van der Waals surface area contributed by atoms with Gasteiger partial charge in [0.05, 0.1) is 19.1 Å². The molecule has 0 spiro atoms. The summed E-state index contributed by atoms with van der Waals surface area (Å²) in [5.41, 5.74) is 28.4. The first-order chi connectivity index (χ1) is 36.7. The van der Waals surface area contributed by atoms with E-state index in [9.17, 15) is 68.1 Å². The molecule has 29 heteroatoms. The molecule has 0 aromatic heterocycles. The quantitative estimate of drug-likeness (QED) is 0.0169. The van der Waals surface area contributed by atoms with Crippen LogP contribution < -0.4 is 71.2 Å². The summed E-state index contributed by atoms with van der Waals surface area (Å²) in [7, 11) is 0. The summed E-state index contributed by atoms with van der Waals surface area (Å²) < 4.78 is 0. The Morgan fingerprint density at radius 3 is 1.58 bits per heavy atom. The van der Waals surface area contributed by atoms with E-state index in [1.54, 1.807) is 36.6 Å². The number of carbonyl (C=O) groups is 11. The predicted octanol–water partition coefficient (Wildman–Crippen LogP) is -4.11. The van der Waals surface area contributed by atoms with Gasteiger partial charge in [0.1, 0.15) is 48.3 Å². The normalized spacial score (nSPS) is 14.5.